The minimum Gasteiger partial charge on any atom is -0.455 e. The number of nitrogens with zero attached hydrogens (tertiary/aromatic N) is 2. The lowest BCUT2D eigenvalue weighted by Crippen LogP contribution is -2.60. The summed E-state index contributed by atoms with van der Waals surface area (Å²) in [5.41, 5.74) is 23.5. The van der Waals surface area contributed by atoms with Gasteiger partial charge in [-0.3, -0.25) is 0 Å². The first-order valence-corrected chi connectivity index (χ1v) is 28.4. The summed E-state index contributed by atoms with van der Waals surface area (Å²) in [5.74, 6) is 0.907. The van der Waals surface area contributed by atoms with Crippen molar-refractivity contribution < 1.29 is 4.42 Å². The normalized spacial score (nSPS) is 17.7. The molecule has 0 unspecified atom stereocenters. The van der Waals surface area contributed by atoms with Gasteiger partial charge in [0.2, 0.25) is 0 Å². The maximum atomic E-state index is 7.37. The Labute approximate surface area is 446 Å². The lowest BCUT2D eigenvalue weighted by atomic mass is 9.43. The first-order valence-electron chi connectivity index (χ1n) is 27.6. The Balaban J connectivity index is 1.19. The van der Waals surface area contributed by atoms with Crippen LogP contribution in [-0.2, 0) is 27.1 Å². The van der Waals surface area contributed by atoms with E-state index in [2.05, 4.69) is 231 Å². The van der Waals surface area contributed by atoms with Gasteiger partial charge in [-0.15, -0.1) is 11.3 Å². The fourth-order valence-electron chi connectivity index (χ4n) is 14.6. The third-order valence-electron chi connectivity index (χ3n) is 19.0. The van der Waals surface area contributed by atoms with E-state index in [1.54, 1.807) is 0 Å². The monoisotopic (exact) mass is 992 g/mol. The summed E-state index contributed by atoms with van der Waals surface area (Å²) in [6.45, 7) is 26.7. The van der Waals surface area contributed by atoms with Crippen LogP contribution >= 0.6 is 11.3 Å². The van der Waals surface area contributed by atoms with Gasteiger partial charge in [-0.1, -0.05) is 167 Å². The molecule has 5 heteroatoms. The Morgan fingerprint density at radius 3 is 1.77 bits per heavy atom. The molecule has 0 amide bonds. The van der Waals surface area contributed by atoms with Crippen molar-refractivity contribution in [2.24, 2.45) is 0 Å². The summed E-state index contributed by atoms with van der Waals surface area (Å²) in [4.78, 5) is 2.77. The Hall–Kier alpha value is -6.82. The van der Waals surface area contributed by atoms with Gasteiger partial charge >= 0.3 is 6.85 Å². The number of hydrogen-bond donors (Lipinski definition) is 0. The van der Waals surface area contributed by atoms with E-state index < -0.39 is 0 Å². The predicted molar refractivity (Wildman–Crippen MR) is 323 cm³/mol. The van der Waals surface area contributed by atoms with E-state index >= 15 is 0 Å². The summed E-state index contributed by atoms with van der Waals surface area (Å²) in [7, 11) is 0. The Bertz CT molecular complexity index is 4270. The van der Waals surface area contributed by atoms with Gasteiger partial charge in [-0.2, -0.15) is 0 Å². The van der Waals surface area contributed by atoms with Crippen LogP contribution in [-0.4, -0.2) is 11.4 Å². The van der Waals surface area contributed by atoms with Crippen molar-refractivity contribution in [1.29, 1.82) is 0 Å². The highest BCUT2D eigenvalue weighted by molar-refractivity contribution is 7.27. The molecule has 3 aromatic heterocycles. The van der Waals surface area contributed by atoms with E-state index in [4.69, 9.17) is 4.42 Å². The molecule has 0 atom stereocenters. The minimum atomic E-state index is -0.174. The standard InChI is InChI=1S/C70H65BN2OS/c1-66(2,3)42-26-28-43(29-27-42)73-54-38-51-49(68(6,7)31-33-70(51,10)11)35-46(54)61-62-63-59(60-44-24-18-19-25-57(44)75-65(60)61)45-34-48-50(69(8,9)32-30-67(48,4)5)37-53(45)72(63)55-36-47-56(39-52(55)71(62)73)74-64(41-22-16-13-17-23-41)58(47)40-20-14-12-15-21-40/h12-29,34-39H,30-33H2,1-11H3. The molecule has 0 N–H and O–H groups in total. The maximum Gasteiger partial charge on any atom is 0.333 e. The lowest BCUT2D eigenvalue weighted by Gasteiger charge is -2.46. The summed E-state index contributed by atoms with van der Waals surface area (Å²) in [6, 6.07) is 56.3. The zero-order chi connectivity index (χ0) is 51.5. The fourth-order valence-corrected chi connectivity index (χ4v) is 15.9. The molecule has 15 rings (SSSR count). The van der Waals surface area contributed by atoms with Crippen LogP contribution in [0.1, 0.15) is 130 Å². The number of furan rings is 1. The van der Waals surface area contributed by atoms with Crippen LogP contribution in [0.3, 0.4) is 0 Å². The number of thiophene rings is 1. The largest absolute Gasteiger partial charge is 0.455 e. The van der Waals surface area contributed by atoms with E-state index in [0.29, 0.717) is 0 Å². The van der Waals surface area contributed by atoms with Gasteiger partial charge in [0, 0.05) is 75.6 Å². The molecule has 0 bridgehead atoms. The van der Waals surface area contributed by atoms with Gasteiger partial charge in [0.05, 0.1) is 11.0 Å². The van der Waals surface area contributed by atoms with Crippen LogP contribution in [0.2, 0.25) is 0 Å². The topological polar surface area (TPSA) is 21.3 Å². The Morgan fingerprint density at radius 1 is 0.533 bits per heavy atom. The molecule has 8 aromatic carbocycles. The molecule has 4 aliphatic rings. The zero-order valence-electron chi connectivity index (χ0n) is 45.5. The number of hydrogen-bond acceptors (Lipinski definition) is 3. The summed E-state index contributed by atoms with van der Waals surface area (Å²) in [5, 5.41) is 6.63. The van der Waals surface area contributed by atoms with Crippen LogP contribution in [0.25, 0.3) is 92.2 Å². The average molecular weight is 993 g/mol. The number of fused-ring (bicyclic) bond motifs is 16. The average Bonchev–Trinajstić information content (AvgIpc) is 4.23. The molecule has 0 saturated heterocycles. The van der Waals surface area contributed by atoms with Crippen molar-refractivity contribution in [3.05, 3.63) is 173 Å². The maximum absolute atomic E-state index is 7.37. The molecule has 0 fully saturated rings. The zero-order valence-corrected chi connectivity index (χ0v) is 46.3. The third kappa shape index (κ3) is 6.22. The van der Waals surface area contributed by atoms with Crippen molar-refractivity contribution in [3.63, 3.8) is 0 Å². The van der Waals surface area contributed by atoms with Gasteiger partial charge in [-0.25, -0.2) is 0 Å². The van der Waals surface area contributed by atoms with Gasteiger partial charge in [-0.05, 0) is 152 Å². The van der Waals surface area contributed by atoms with Crippen molar-refractivity contribution >= 4 is 93.4 Å². The van der Waals surface area contributed by atoms with Crippen molar-refractivity contribution in [3.8, 4) is 39.3 Å². The summed E-state index contributed by atoms with van der Waals surface area (Å²) >= 11 is 2.00. The molecular weight excluding hydrogens is 928 g/mol. The van der Waals surface area contributed by atoms with E-state index in [1.165, 1.54) is 109 Å². The highest BCUT2D eigenvalue weighted by atomic mass is 32.1. The molecule has 5 heterocycles. The fraction of sp³-hybridized carbons (Fsp3) is 0.286. The highest BCUT2D eigenvalue weighted by Crippen LogP contribution is 2.58. The number of aromatic nitrogens is 1. The highest BCUT2D eigenvalue weighted by Gasteiger charge is 2.49. The molecule has 0 radical (unpaired) electrons. The van der Waals surface area contributed by atoms with Crippen molar-refractivity contribution in [2.45, 2.75) is 129 Å². The van der Waals surface area contributed by atoms with Crippen LogP contribution in [0.5, 0.6) is 0 Å². The first kappa shape index (κ1) is 45.6. The predicted octanol–water partition coefficient (Wildman–Crippen LogP) is 18.5. The van der Waals surface area contributed by atoms with E-state index in [-0.39, 0.29) is 33.9 Å². The molecule has 0 spiro atoms. The molecule has 11 aromatic rings. The number of rotatable bonds is 3. The van der Waals surface area contributed by atoms with E-state index in [0.717, 1.165) is 59.1 Å². The number of anilines is 2. The quantitative estimate of drug-likeness (QED) is 0.165. The third-order valence-corrected chi connectivity index (χ3v) is 20.2. The van der Waals surface area contributed by atoms with Gasteiger partial charge in [0.15, 0.2) is 0 Å². The second kappa shape index (κ2) is 15.0. The van der Waals surface area contributed by atoms with Crippen molar-refractivity contribution in [1.82, 2.24) is 4.57 Å². The van der Waals surface area contributed by atoms with Crippen LogP contribution in [0.15, 0.2) is 150 Å². The van der Waals surface area contributed by atoms with Gasteiger partial charge in [0.1, 0.15) is 11.3 Å². The molecular formula is C70H65BN2OS. The molecule has 75 heavy (non-hydrogen) atoms. The van der Waals surface area contributed by atoms with Crippen LogP contribution in [0.4, 0.5) is 11.4 Å². The first-order chi connectivity index (χ1) is 35.8. The van der Waals surface area contributed by atoms with Crippen LogP contribution < -0.4 is 15.7 Å². The van der Waals surface area contributed by atoms with E-state index in [1.807, 2.05) is 11.3 Å². The smallest absolute Gasteiger partial charge is 0.333 e. The minimum absolute atomic E-state index is 0.0110. The summed E-state index contributed by atoms with van der Waals surface area (Å²) < 4.78 is 12.9. The van der Waals surface area contributed by atoms with Crippen molar-refractivity contribution in [2.75, 3.05) is 4.81 Å². The van der Waals surface area contributed by atoms with Gasteiger partial charge < -0.3 is 13.8 Å². The summed E-state index contributed by atoms with van der Waals surface area (Å²) in [6.07, 6.45) is 4.63. The molecule has 2 aliphatic carbocycles. The lowest BCUT2D eigenvalue weighted by molar-refractivity contribution is 0.332. The molecule has 370 valence electrons. The Kier molecular flexibility index (Phi) is 9.10. The van der Waals surface area contributed by atoms with E-state index in [9.17, 15) is 0 Å². The number of benzene rings is 8. The second-order valence-electron chi connectivity index (χ2n) is 26.5. The second-order valence-corrected chi connectivity index (χ2v) is 27.6. The van der Waals surface area contributed by atoms with Crippen LogP contribution in [0, 0.1) is 0 Å². The van der Waals surface area contributed by atoms with Gasteiger partial charge in [0.25, 0.3) is 0 Å². The molecule has 0 saturated carbocycles. The molecule has 3 nitrogen and oxygen atoms in total. The Morgan fingerprint density at radius 2 is 1.12 bits per heavy atom. The SMILES string of the molecule is CC(C)(C)c1ccc(N2B3c4cc5oc(-c6ccccc6)c(-c6ccccc6)c5cc4-n4c5cc6c(cc5c5c7c(sc8ccccc87)c(c3c54)-c3cc4c(cc32)C(C)(C)CCC4(C)C)C(C)(C)CCC6(C)C)cc1. The molecule has 2 aliphatic heterocycles.